The Balaban J connectivity index is 1.88. The third kappa shape index (κ3) is 5.54. The molecule has 6 heteroatoms. The molecule has 0 atom stereocenters. The van der Waals surface area contributed by atoms with Gasteiger partial charge in [-0.05, 0) is 26.8 Å². The fourth-order valence-corrected chi connectivity index (χ4v) is 2.84. The number of carbonyl (C=O) groups is 1. The molecule has 0 spiro atoms. The van der Waals surface area contributed by atoms with Crippen molar-refractivity contribution < 1.29 is 9.53 Å². The first kappa shape index (κ1) is 20.3. The van der Waals surface area contributed by atoms with Gasteiger partial charge in [0, 0.05) is 29.3 Å². The number of carbonyl (C=O) groups excluding carboxylic acids is 1. The van der Waals surface area contributed by atoms with Gasteiger partial charge in [-0.1, -0.05) is 48.5 Å². The van der Waals surface area contributed by atoms with Crippen LogP contribution in [-0.2, 0) is 6.54 Å². The summed E-state index contributed by atoms with van der Waals surface area (Å²) in [4.78, 5) is 21.9. The Morgan fingerprint density at radius 2 is 1.69 bits per heavy atom. The SMILES string of the molecule is COc1ccccc1CNC(=O)c1cc(NC(C)(C)C)nc(-c2ccccc2)n1. The van der Waals surface area contributed by atoms with E-state index in [1.165, 1.54) is 0 Å². The van der Waals surface area contributed by atoms with Gasteiger partial charge in [-0.25, -0.2) is 9.97 Å². The smallest absolute Gasteiger partial charge is 0.270 e. The molecular formula is C23H26N4O2. The van der Waals surface area contributed by atoms with Crippen molar-refractivity contribution in [2.75, 3.05) is 12.4 Å². The summed E-state index contributed by atoms with van der Waals surface area (Å²) in [5.74, 6) is 1.57. The van der Waals surface area contributed by atoms with Crippen LogP contribution in [-0.4, -0.2) is 28.5 Å². The van der Waals surface area contributed by atoms with Gasteiger partial charge in [-0.15, -0.1) is 0 Å². The van der Waals surface area contributed by atoms with Crippen LogP contribution in [0.2, 0.25) is 0 Å². The fraction of sp³-hybridized carbons (Fsp3) is 0.261. The predicted molar refractivity (Wildman–Crippen MR) is 115 cm³/mol. The van der Waals surface area contributed by atoms with Gasteiger partial charge in [0.15, 0.2) is 5.82 Å². The molecule has 1 heterocycles. The molecule has 29 heavy (non-hydrogen) atoms. The van der Waals surface area contributed by atoms with Gasteiger partial charge >= 0.3 is 0 Å². The number of ether oxygens (including phenoxy) is 1. The number of amides is 1. The van der Waals surface area contributed by atoms with E-state index < -0.39 is 0 Å². The van der Waals surface area contributed by atoms with Crippen LogP contribution in [0.5, 0.6) is 5.75 Å². The Morgan fingerprint density at radius 1 is 1.00 bits per heavy atom. The van der Waals surface area contributed by atoms with Crippen molar-refractivity contribution in [1.82, 2.24) is 15.3 Å². The van der Waals surface area contributed by atoms with E-state index in [2.05, 4.69) is 20.6 Å². The number of methoxy groups -OCH3 is 1. The highest BCUT2D eigenvalue weighted by molar-refractivity contribution is 5.93. The van der Waals surface area contributed by atoms with Crippen molar-refractivity contribution in [2.24, 2.45) is 0 Å². The molecule has 2 aromatic carbocycles. The Kier molecular flexibility index (Phi) is 6.12. The number of anilines is 1. The molecule has 1 amide bonds. The summed E-state index contributed by atoms with van der Waals surface area (Å²) in [6, 6.07) is 18.9. The van der Waals surface area contributed by atoms with Crippen LogP contribution in [0.1, 0.15) is 36.8 Å². The molecule has 0 unspecified atom stereocenters. The van der Waals surface area contributed by atoms with Crippen LogP contribution >= 0.6 is 0 Å². The summed E-state index contributed by atoms with van der Waals surface area (Å²) in [7, 11) is 1.61. The predicted octanol–water partition coefficient (Wildman–Crippen LogP) is 4.29. The van der Waals surface area contributed by atoms with Crippen LogP contribution in [0, 0.1) is 0 Å². The van der Waals surface area contributed by atoms with E-state index >= 15 is 0 Å². The van der Waals surface area contributed by atoms with Crippen LogP contribution in [0.4, 0.5) is 5.82 Å². The monoisotopic (exact) mass is 390 g/mol. The molecule has 3 rings (SSSR count). The van der Waals surface area contributed by atoms with Crippen LogP contribution < -0.4 is 15.4 Å². The molecule has 2 N–H and O–H groups in total. The van der Waals surface area contributed by atoms with Crippen molar-refractivity contribution in [3.63, 3.8) is 0 Å². The van der Waals surface area contributed by atoms with Crippen LogP contribution in [0.25, 0.3) is 11.4 Å². The van der Waals surface area contributed by atoms with E-state index in [4.69, 9.17) is 4.74 Å². The summed E-state index contributed by atoms with van der Waals surface area (Å²) >= 11 is 0. The lowest BCUT2D eigenvalue weighted by Gasteiger charge is -2.22. The van der Waals surface area contributed by atoms with Gasteiger partial charge in [0.1, 0.15) is 17.3 Å². The average molecular weight is 390 g/mol. The minimum atomic E-state index is -0.271. The Hall–Kier alpha value is -3.41. The van der Waals surface area contributed by atoms with Crippen molar-refractivity contribution in [3.05, 3.63) is 71.9 Å². The summed E-state index contributed by atoms with van der Waals surface area (Å²) in [6.07, 6.45) is 0. The van der Waals surface area contributed by atoms with Gasteiger partial charge in [-0.3, -0.25) is 4.79 Å². The molecule has 0 aliphatic rings. The number of benzene rings is 2. The maximum atomic E-state index is 12.8. The highest BCUT2D eigenvalue weighted by Gasteiger charge is 2.17. The highest BCUT2D eigenvalue weighted by atomic mass is 16.5. The summed E-state index contributed by atoms with van der Waals surface area (Å²) in [5.41, 5.74) is 1.85. The summed E-state index contributed by atoms with van der Waals surface area (Å²) in [6.45, 7) is 6.46. The Morgan fingerprint density at radius 3 is 2.38 bits per heavy atom. The standard InChI is InChI=1S/C23H26N4O2/c1-23(2,3)27-20-14-18(25-21(26-20)16-10-6-5-7-11-16)22(28)24-15-17-12-8-9-13-19(17)29-4/h5-14H,15H2,1-4H3,(H,24,28)(H,25,26,27). The molecule has 0 aliphatic carbocycles. The molecule has 0 fully saturated rings. The number of hydrogen-bond acceptors (Lipinski definition) is 5. The first-order valence-corrected chi connectivity index (χ1v) is 9.48. The number of aromatic nitrogens is 2. The van der Waals surface area contributed by atoms with Gasteiger partial charge < -0.3 is 15.4 Å². The van der Waals surface area contributed by atoms with Gasteiger partial charge in [0.2, 0.25) is 0 Å². The lowest BCUT2D eigenvalue weighted by molar-refractivity contribution is 0.0945. The molecule has 0 radical (unpaired) electrons. The fourth-order valence-electron chi connectivity index (χ4n) is 2.84. The Labute approximate surface area is 171 Å². The maximum Gasteiger partial charge on any atom is 0.270 e. The van der Waals surface area contributed by atoms with Gasteiger partial charge in [-0.2, -0.15) is 0 Å². The lowest BCUT2D eigenvalue weighted by atomic mass is 10.1. The van der Waals surface area contributed by atoms with Crippen molar-refractivity contribution in [3.8, 4) is 17.1 Å². The van der Waals surface area contributed by atoms with Crippen LogP contribution in [0.3, 0.4) is 0 Å². The normalized spacial score (nSPS) is 11.0. The highest BCUT2D eigenvalue weighted by Crippen LogP contribution is 2.21. The minimum Gasteiger partial charge on any atom is -0.496 e. The van der Waals surface area contributed by atoms with Crippen LogP contribution in [0.15, 0.2) is 60.7 Å². The van der Waals surface area contributed by atoms with E-state index in [0.29, 0.717) is 23.9 Å². The second-order valence-corrected chi connectivity index (χ2v) is 7.70. The molecule has 150 valence electrons. The zero-order valence-electron chi connectivity index (χ0n) is 17.2. The summed E-state index contributed by atoms with van der Waals surface area (Å²) in [5, 5.41) is 6.25. The molecular weight excluding hydrogens is 364 g/mol. The number of nitrogens with one attached hydrogen (secondary N) is 2. The molecule has 0 bridgehead atoms. The van der Waals surface area contributed by atoms with E-state index in [-0.39, 0.29) is 11.4 Å². The molecule has 0 aliphatic heterocycles. The van der Waals surface area contributed by atoms with E-state index in [1.54, 1.807) is 13.2 Å². The zero-order chi connectivity index (χ0) is 20.9. The number of nitrogens with zero attached hydrogens (tertiary/aromatic N) is 2. The minimum absolute atomic E-state index is 0.201. The summed E-state index contributed by atoms with van der Waals surface area (Å²) < 4.78 is 5.35. The van der Waals surface area contributed by atoms with Crippen molar-refractivity contribution in [2.45, 2.75) is 32.9 Å². The maximum absolute atomic E-state index is 12.8. The lowest BCUT2D eigenvalue weighted by Crippen LogP contribution is -2.28. The number of rotatable bonds is 6. The number of para-hydroxylation sites is 1. The second-order valence-electron chi connectivity index (χ2n) is 7.70. The molecule has 1 aromatic heterocycles. The molecule has 3 aromatic rings. The largest absolute Gasteiger partial charge is 0.496 e. The van der Waals surface area contributed by atoms with Gasteiger partial charge in [0.25, 0.3) is 5.91 Å². The average Bonchev–Trinajstić information content (AvgIpc) is 2.71. The number of hydrogen-bond donors (Lipinski definition) is 2. The molecule has 0 saturated carbocycles. The third-order valence-corrected chi connectivity index (χ3v) is 4.13. The molecule has 0 saturated heterocycles. The van der Waals surface area contributed by atoms with Crippen molar-refractivity contribution >= 4 is 11.7 Å². The van der Waals surface area contributed by atoms with E-state index in [9.17, 15) is 4.79 Å². The zero-order valence-corrected chi connectivity index (χ0v) is 17.2. The Bertz CT molecular complexity index is 982. The quantitative estimate of drug-likeness (QED) is 0.657. The van der Waals surface area contributed by atoms with E-state index in [0.717, 1.165) is 16.9 Å². The van der Waals surface area contributed by atoms with E-state index in [1.807, 2.05) is 75.4 Å². The van der Waals surface area contributed by atoms with Crippen molar-refractivity contribution in [1.29, 1.82) is 0 Å². The first-order chi connectivity index (χ1) is 13.9. The third-order valence-electron chi connectivity index (χ3n) is 4.13. The topological polar surface area (TPSA) is 76.1 Å². The van der Waals surface area contributed by atoms with Gasteiger partial charge in [0.05, 0.1) is 7.11 Å². The molecule has 6 nitrogen and oxygen atoms in total. The first-order valence-electron chi connectivity index (χ1n) is 9.48. The second kappa shape index (κ2) is 8.73.